The Morgan fingerprint density at radius 1 is 0.536 bits per heavy atom. The molecule has 0 aromatic heterocycles. The van der Waals surface area contributed by atoms with Crippen molar-refractivity contribution in [2.45, 2.75) is 47.9 Å². The van der Waals surface area contributed by atoms with Gasteiger partial charge in [0.05, 0.1) is 34.1 Å². The summed E-state index contributed by atoms with van der Waals surface area (Å²) in [7, 11) is 0. The van der Waals surface area contributed by atoms with Crippen LogP contribution >= 0.6 is 31.9 Å². The van der Waals surface area contributed by atoms with Gasteiger partial charge in [0.25, 0.3) is 0 Å². The molecule has 0 heterocycles. The van der Waals surface area contributed by atoms with Crippen molar-refractivity contribution in [1.29, 1.82) is 0 Å². The fourth-order valence-corrected chi connectivity index (χ4v) is 5.08. The van der Waals surface area contributed by atoms with Crippen molar-refractivity contribution in [1.82, 2.24) is 0 Å². The fraction of sp³-hybridized carbons (Fsp3) is 0.455. The highest BCUT2D eigenvalue weighted by molar-refractivity contribution is 9.09. The highest BCUT2D eigenvalue weighted by Crippen LogP contribution is 2.44. The van der Waals surface area contributed by atoms with Crippen LogP contribution in [0.25, 0.3) is 0 Å². The number of aliphatic hydroxyl groups excluding tert-OH is 4. The van der Waals surface area contributed by atoms with E-state index in [1.807, 2.05) is 62.4 Å². The molecule has 8 atom stereocenters. The zero-order valence-electron chi connectivity index (χ0n) is 15.8. The number of benzene rings is 2. The summed E-state index contributed by atoms with van der Waals surface area (Å²) in [6.07, 6.45) is -2.02. The van der Waals surface area contributed by atoms with Crippen LogP contribution < -0.4 is 0 Å². The van der Waals surface area contributed by atoms with E-state index in [4.69, 9.17) is 0 Å². The van der Waals surface area contributed by atoms with Gasteiger partial charge in [0.1, 0.15) is 0 Å². The molecule has 0 saturated heterocycles. The first kappa shape index (κ1) is 21.9. The lowest BCUT2D eigenvalue weighted by Crippen LogP contribution is -2.31. The molecule has 0 spiro atoms. The third-order valence-corrected chi connectivity index (χ3v) is 8.54. The molecule has 2 aromatic carbocycles. The third kappa shape index (κ3) is 3.95. The summed E-state index contributed by atoms with van der Waals surface area (Å²) in [5, 5.41) is 39.9. The average Bonchev–Trinajstić information content (AvgIpc) is 2.73. The lowest BCUT2D eigenvalue weighted by Gasteiger charge is -2.35. The number of aliphatic hydroxyl groups is 4. The SMILES string of the molecule is C[C@H]1[C@H](Br)[C@@H](O)c2ccccc2[C@H]1O.C[C@H]1[C@H](Br)[C@@H](O)c2ccccc2[C@H]1O. The normalized spacial score (nSPS) is 36.6. The van der Waals surface area contributed by atoms with Crippen LogP contribution in [0.2, 0.25) is 0 Å². The van der Waals surface area contributed by atoms with Crippen molar-refractivity contribution in [3.63, 3.8) is 0 Å². The molecule has 0 aliphatic heterocycles. The van der Waals surface area contributed by atoms with Gasteiger partial charge in [-0.1, -0.05) is 94.2 Å². The Bertz CT molecular complexity index is 681. The van der Waals surface area contributed by atoms with Crippen molar-refractivity contribution >= 4 is 31.9 Å². The predicted molar refractivity (Wildman–Crippen MR) is 116 cm³/mol. The summed E-state index contributed by atoms with van der Waals surface area (Å²) < 4.78 is 0. The number of alkyl halides is 2. The second-order valence-corrected chi connectivity index (χ2v) is 9.76. The van der Waals surface area contributed by atoms with Crippen molar-refractivity contribution in [2.75, 3.05) is 0 Å². The van der Waals surface area contributed by atoms with E-state index < -0.39 is 24.4 Å². The standard InChI is InChI=1S/2C11H13BrO2/c2*1-6-9(12)11(14)8-5-3-2-4-7(8)10(6)13/h2*2-6,9-11,13-14H,1H3/t2*6-,9-,10-,11-/m00/s1. The molecule has 0 fully saturated rings. The van der Waals surface area contributed by atoms with E-state index in [0.717, 1.165) is 22.3 Å². The highest BCUT2D eigenvalue weighted by Gasteiger charge is 2.38. The van der Waals surface area contributed by atoms with Crippen molar-refractivity contribution in [2.24, 2.45) is 11.8 Å². The number of fused-ring (bicyclic) bond motifs is 2. The minimum Gasteiger partial charge on any atom is -0.388 e. The largest absolute Gasteiger partial charge is 0.388 e. The molecular formula is C22H26Br2O4. The fourth-order valence-electron chi connectivity index (χ4n) is 3.93. The molecule has 2 aliphatic carbocycles. The van der Waals surface area contributed by atoms with Gasteiger partial charge in [0.2, 0.25) is 0 Å². The summed E-state index contributed by atoms with van der Waals surface area (Å²) in [6.45, 7) is 3.87. The Morgan fingerprint density at radius 3 is 1.07 bits per heavy atom. The minimum absolute atomic E-state index is 0.0277. The molecule has 0 saturated carbocycles. The monoisotopic (exact) mass is 512 g/mol. The van der Waals surface area contributed by atoms with E-state index in [1.165, 1.54) is 0 Å². The van der Waals surface area contributed by atoms with Gasteiger partial charge in [-0.25, -0.2) is 0 Å². The Labute approximate surface area is 182 Å². The molecule has 28 heavy (non-hydrogen) atoms. The summed E-state index contributed by atoms with van der Waals surface area (Å²) in [5.41, 5.74) is 3.37. The van der Waals surface area contributed by atoms with Crippen molar-refractivity contribution in [3.8, 4) is 0 Å². The van der Waals surface area contributed by atoms with Gasteiger partial charge >= 0.3 is 0 Å². The summed E-state index contributed by atoms with van der Waals surface area (Å²) in [5.74, 6) is 0.0554. The number of halogens is 2. The minimum atomic E-state index is -0.524. The van der Waals surface area contributed by atoms with Crippen LogP contribution in [0.3, 0.4) is 0 Å². The second-order valence-electron chi connectivity index (χ2n) is 7.64. The first-order chi connectivity index (χ1) is 13.3. The molecule has 4 N–H and O–H groups in total. The molecule has 4 nitrogen and oxygen atoms in total. The van der Waals surface area contributed by atoms with Crippen LogP contribution in [0, 0.1) is 11.8 Å². The van der Waals surface area contributed by atoms with E-state index in [9.17, 15) is 20.4 Å². The Hall–Kier alpha value is -0.760. The second kappa shape index (κ2) is 8.94. The lowest BCUT2D eigenvalue weighted by atomic mass is 9.81. The Kier molecular flexibility index (Phi) is 7.00. The van der Waals surface area contributed by atoms with E-state index in [2.05, 4.69) is 31.9 Å². The summed E-state index contributed by atoms with van der Waals surface area (Å²) in [6, 6.07) is 15.0. The molecular weight excluding hydrogens is 488 g/mol. The highest BCUT2D eigenvalue weighted by atomic mass is 79.9. The predicted octanol–water partition coefficient (Wildman–Crippen LogP) is 4.33. The van der Waals surface area contributed by atoms with Gasteiger partial charge in [-0.05, 0) is 22.3 Å². The third-order valence-electron chi connectivity index (χ3n) is 5.87. The molecule has 0 bridgehead atoms. The summed E-state index contributed by atoms with van der Waals surface area (Å²) in [4.78, 5) is -0.153. The topological polar surface area (TPSA) is 80.9 Å². The maximum absolute atomic E-state index is 9.98. The van der Waals surface area contributed by atoms with E-state index >= 15 is 0 Å². The number of rotatable bonds is 0. The summed E-state index contributed by atoms with van der Waals surface area (Å²) >= 11 is 6.84. The van der Waals surface area contributed by atoms with Gasteiger partial charge in [0.15, 0.2) is 0 Å². The zero-order valence-corrected chi connectivity index (χ0v) is 19.0. The van der Waals surface area contributed by atoms with Crippen LogP contribution in [0.5, 0.6) is 0 Å². The Morgan fingerprint density at radius 2 is 0.786 bits per heavy atom. The average molecular weight is 514 g/mol. The number of hydrogen-bond donors (Lipinski definition) is 4. The molecule has 2 aromatic rings. The number of hydrogen-bond acceptors (Lipinski definition) is 4. The van der Waals surface area contributed by atoms with E-state index in [-0.39, 0.29) is 21.5 Å². The van der Waals surface area contributed by atoms with E-state index in [1.54, 1.807) is 0 Å². The maximum atomic E-state index is 9.98. The molecule has 4 rings (SSSR count). The van der Waals surface area contributed by atoms with Crippen LogP contribution in [0.4, 0.5) is 0 Å². The first-order valence-electron chi connectivity index (χ1n) is 9.43. The van der Waals surface area contributed by atoms with Crippen LogP contribution in [0.1, 0.15) is 60.5 Å². The molecule has 0 radical (unpaired) electrons. The van der Waals surface area contributed by atoms with Crippen LogP contribution in [-0.4, -0.2) is 30.1 Å². The Balaban J connectivity index is 0.000000161. The molecule has 2 aliphatic rings. The maximum Gasteiger partial charge on any atom is 0.0922 e. The molecule has 0 unspecified atom stereocenters. The molecule has 6 heteroatoms. The lowest BCUT2D eigenvalue weighted by molar-refractivity contribution is 0.0551. The van der Waals surface area contributed by atoms with E-state index in [0.29, 0.717) is 0 Å². The molecule has 152 valence electrons. The van der Waals surface area contributed by atoms with Gasteiger partial charge in [-0.3, -0.25) is 0 Å². The smallest absolute Gasteiger partial charge is 0.0922 e. The van der Waals surface area contributed by atoms with Crippen LogP contribution in [0.15, 0.2) is 48.5 Å². The van der Waals surface area contributed by atoms with Crippen molar-refractivity contribution in [3.05, 3.63) is 70.8 Å². The van der Waals surface area contributed by atoms with Crippen molar-refractivity contribution < 1.29 is 20.4 Å². The zero-order chi connectivity index (χ0) is 20.6. The molecule has 0 amide bonds. The van der Waals surface area contributed by atoms with Gasteiger partial charge in [0, 0.05) is 11.8 Å². The van der Waals surface area contributed by atoms with Crippen LogP contribution in [-0.2, 0) is 0 Å². The van der Waals surface area contributed by atoms with Gasteiger partial charge in [-0.15, -0.1) is 0 Å². The quantitative estimate of drug-likeness (QED) is 0.395. The van der Waals surface area contributed by atoms with Gasteiger partial charge in [-0.2, -0.15) is 0 Å². The first-order valence-corrected chi connectivity index (χ1v) is 11.3. The van der Waals surface area contributed by atoms with Gasteiger partial charge < -0.3 is 20.4 Å².